The van der Waals surface area contributed by atoms with Gasteiger partial charge in [-0.1, -0.05) is 30.3 Å². The van der Waals surface area contributed by atoms with Crippen LogP contribution in [0, 0.1) is 0 Å². The number of rotatable bonds is 3. The van der Waals surface area contributed by atoms with Gasteiger partial charge in [-0.15, -0.1) is 10.2 Å². The molecule has 1 saturated heterocycles. The maximum absolute atomic E-state index is 10.3. The average Bonchev–Trinajstić information content (AvgIpc) is 3.40. The fraction of sp³-hybridized carbons (Fsp3) is 0.294. The molecule has 5 N–H and O–H groups in total. The number of benzene rings is 1. The van der Waals surface area contributed by atoms with Gasteiger partial charge >= 0.3 is 0 Å². The van der Waals surface area contributed by atoms with Crippen molar-refractivity contribution in [3.05, 3.63) is 36.7 Å². The van der Waals surface area contributed by atoms with Crippen LogP contribution in [-0.2, 0) is 4.74 Å². The largest absolute Gasteiger partial charge is 0.394 e. The van der Waals surface area contributed by atoms with Crippen LogP contribution in [0.2, 0.25) is 0 Å². The van der Waals surface area contributed by atoms with Gasteiger partial charge in [0.15, 0.2) is 28.9 Å². The molecule has 0 spiro atoms. The van der Waals surface area contributed by atoms with E-state index in [0.29, 0.717) is 22.6 Å². The number of aliphatic hydroxyl groups excluding tert-OH is 3. The van der Waals surface area contributed by atoms with Gasteiger partial charge in [0.1, 0.15) is 18.3 Å². The molecule has 4 aromatic rings. The fourth-order valence-electron chi connectivity index (χ4n) is 3.51. The first kappa shape index (κ1) is 17.0. The van der Waals surface area contributed by atoms with Gasteiger partial charge in [-0.3, -0.25) is 4.57 Å². The first-order valence-electron chi connectivity index (χ1n) is 8.65. The van der Waals surface area contributed by atoms with Crippen LogP contribution in [0.3, 0.4) is 0 Å². The second-order valence-electron chi connectivity index (χ2n) is 6.57. The summed E-state index contributed by atoms with van der Waals surface area (Å²) in [5, 5.41) is 38.1. The van der Waals surface area contributed by atoms with Crippen LogP contribution < -0.4 is 5.73 Å². The summed E-state index contributed by atoms with van der Waals surface area (Å²) in [6.07, 6.45) is -2.94. The molecule has 11 heteroatoms. The molecule has 0 bridgehead atoms. The number of aromatic nitrogens is 6. The molecule has 11 nitrogen and oxygen atoms in total. The number of ether oxygens (including phenoxy) is 1. The van der Waals surface area contributed by atoms with Crippen molar-refractivity contribution in [2.24, 2.45) is 0 Å². The highest BCUT2D eigenvalue weighted by Crippen LogP contribution is 2.33. The van der Waals surface area contributed by atoms with Gasteiger partial charge in [0.05, 0.1) is 12.9 Å². The normalized spacial score (nSPS) is 25.1. The Morgan fingerprint density at radius 3 is 2.57 bits per heavy atom. The second kappa shape index (κ2) is 6.21. The Balaban J connectivity index is 1.67. The highest BCUT2D eigenvalue weighted by atomic mass is 16.6. The zero-order valence-electron chi connectivity index (χ0n) is 14.5. The molecule has 1 aromatic carbocycles. The molecule has 0 amide bonds. The quantitative estimate of drug-likeness (QED) is 0.360. The number of nitrogens with two attached hydrogens (primary N) is 1. The number of aliphatic hydroxyl groups is 3. The van der Waals surface area contributed by atoms with Crippen LogP contribution in [0.15, 0.2) is 36.7 Å². The van der Waals surface area contributed by atoms with Crippen molar-refractivity contribution in [3.8, 4) is 11.4 Å². The maximum atomic E-state index is 10.3. The Morgan fingerprint density at radius 2 is 1.86 bits per heavy atom. The van der Waals surface area contributed by atoms with Gasteiger partial charge < -0.3 is 25.8 Å². The van der Waals surface area contributed by atoms with Gasteiger partial charge in [0.25, 0.3) is 0 Å². The molecule has 28 heavy (non-hydrogen) atoms. The van der Waals surface area contributed by atoms with Crippen LogP contribution in [0.4, 0.5) is 5.95 Å². The summed E-state index contributed by atoms with van der Waals surface area (Å²) >= 11 is 0. The van der Waals surface area contributed by atoms with Gasteiger partial charge in [-0.2, -0.15) is 4.98 Å². The Bertz CT molecular complexity index is 1160. The summed E-state index contributed by atoms with van der Waals surface area (Å²) in [5.74, 6) is 0.671. The lowest BCUT2D eigenvalue weighted by Gasteiger charge is -2.16. The second-order valence-corrected chi connectivity index (χ2v) is 6.57. The molecule has 0 radical (unpaired) electrons. The molecule has 144 valence electrons. The lowest BCUT2D eigenvalue weighted by molar-refractivity contribution is -0.0511. The van der Waals surface area contributed by atoms with Crippen LogP contribution in [0.25, 0.3) is 28.2 Å². The van der Waals surface area contributed by atoms with E-state index in [9.17, 15) is 15.3 Å². The first-order chi connectivity index (χ1) is 13.6. The third-order valence-electron chi connectivity index (χ3n) is 4.92. The molecular weight excluding hydrogens is 366 g/mol. The lowest BCUT2D eigenvalue weighted by Crippen LogP contribution is -2.33. The van der Waals surface area contributed by atoms with E-state index >= 15 is 0 Å². The standard InChI is InChI=1S/C17H17N7O4/c18-17-20-14-10(15-22-21-13(24(15)17)8-4-2-1-3-5-8)19-7-23(14)16-12(27)11(26)9(6-25)28-16/h1-5,7,9,11-12,16,25-27H,6H2,(H2,18,20)/t9-,11-,12-,16-/m1/s1. The van der Waals surface area contributed by atoms with E-state index in [1.807, 2.05) is 30.3 Å². The van der Waals surface area contributed by atoms with Crippen LogP contribution in [0.1, 0.15) is 6.23 Å². The first-order valence-corrected chi connectivity index (χ1v) is 8.65. The third-order valence-corrected chi connectivity index (χ3v) is 4.92. The van der Waals surface area contributed by atoms with Crippen molar-refractivity contribution < 1.29 is 20.1 Å². The minimum absolute atomic E-state index is 0.139. The lowest BCUT2D eigenvalue weighted by atomic mass is 10.1. The zero-order valence-corrected chi connectivity index (χ0v) is 14.5. The molecule has 0 aliphatic carbocycles. The SMILES string of the molecule is Nc1nc2c(ncn2[C@@H]2O[C@H](CO)[C@@H](O)[C@H]2O)c2nnc(-c3ccccc3)n12. The summed E-state index contributed by atoms with van der Waals surface area (Å²) in [5.41, 5.74) is 8.16. The van der Waals surface area contributed by atoms with Gasteiger partial charge in [-0.25, -0.2) is 9.38 Å². The predicted molar refractivity (Wildman–Crippen MR) is 96.9 cm³/mol. The Labute approximate surface area is 157 Å². The molecule has 0 saturated carbocycles. The Hall–Kier alpha value is -3.12. The van der Waals surface area contributed by atoms with E-state index in [0.717, 1.165) is 5.56 Å². The molecule has 1 fully saturated rings. The monoisotopic (exact) mass is 383 g/mol. The van der Waals surface area contributed by atoms with Crippen LogP contribution in [-0.4, -0.2) is 69.4 Å². The van der Waals surface area contributed by atoms with Crippen molar-refractivity contribution in [1.29, 1.82) is 0 Å². The van der Waals surface area contributed by atoms with E-state index in [-0.39, 0.29) is 5.95 Å². The van der Waals surface area contributed by atoms with Gasteiger partial charge in [0, 0.05) is 5.56 Å². The maximum Gasteiger partial charge on any atom is 0.209 e. The van der Waals surface area contributed by atoms with Crippen molar-refractivity contribution in [1.82, 2.24) is 29.1 Å². The third kappa shape index (κ3) is 2.31. The zero-order chi connectivity index (χ0) is 19.4. The fourth-order valence-corrected chi connectivity index (χ4v) is 3.51. The number of nitrogen functional groups attached to an aromatic ring is 1. The van der Waals surface area contributed by atoms with Crippen LogP contribution in [0.5, 0.6) is 0 Å². The summed E-state index contributed by atoms with van der Waals surface area (Å²) in [4.78, 5) is 8.74. The predicted octanol–water partition coefficient (Wildman–Crippen LogP) is -0.665. The smallest absolute Gasteiger partial charge is 0.209 e. The molecule has 4 atom stereocenters. The van der Waals surface area contributed by atoms with Crippen molar-refractivity contribution >= 4 is 22.8 Å². The minimum atomic E-state index is -1.26. The van der Waals surface area contributed by atoms with Crippen molar-refractivity contribution in [3.63, 3.8) is 0 Å². The molecule has 3 aromatic heterocycles. The molecule has 1 aliphatic heterocycles. The molecule has 5 rings (SSSR count). The highest BCUT2D eigenvalue weighted by Gasteiger charge is 2.44. The minimum Gasteiger partial charge on any atom is -0.394 e. The average molecular weight is 383 g/mol. The highest BCUT2D eigenvalue weighted by molar-refractivity contribution is 5.88. The van der Waals surface area contributed by atoms with Crippen molar-refractivity contribution in [2.45, 2.75) is 24.5 Å². The van der Waals surface area contributed by atoms with E-state index in [1.54, 1.807) is 4.40 Å². The summed E-state index contributed by atoms with van der Waals surface area (Å²) < 4.78 is 8.63. The Morgan fingerprint density at radius 1 is 1.07 bits per heavy atom. The number of imidazole rings is 1. The number of hydrogen-bond donors (Lipinski definition) is 4. The van der Waals surface area contributed by atoms with Gasteiger partial charge in [-0.05, 0) is 0 Å². The van der Waals surface area contributed by atoms with E-state index in [1.165, 1.54) is 10.9 Å². The van der Waals surface area contributed by atoms with E-state index in [2.05, 4.69) is 20.2 Å². The Kier molecular flexibility index (Phi) is 3.77. The summed E-state index contributed by atoms with van der Waals surface area (Å²) in [6, 6.07) is 9.44. The molecule has 1 aliphatic rings. The molecular formula is C17H17N7O4. The summed E-state index contributed by atoms with van der Waals surface area (Å²) in [6.45, 7) is -0.425. The number of anilines is 1. The van der Waals surface area contributed by atoms with Crippen molar-refractivity contribution in [2.75, 3.05) is 12.3 Å². The topological polar surface area (TPSA) is 157 Å². The number of nitrogens with zero attached hydrogens (tertiary/aromatic N) is 6. The number of fused-ring (bicyclic) bond motifs is 3. The van der Waals surface area contributed by atoms with Gasteiger partial charge in [0.2, 0.25) is 5.95 Å². The van der Waals surface area contributed by atoms with E-state index in [4.69, 9.17) is 10.5 Å². The number of hydrogen-bond acceptors (Lipinski definition) is 9. The van der Waals surface area contributed by atoms with E-state index < -0.39 is 31.1 Å². The van der Waals surface area contributed by atoms with Crippen LogP contribution >= 0.6 is 0 Å². The molecule has 4 heterocycles. The molecule has 0 unspecified atom stereocenters. The summed E-state index contributed by atoms with van der Waals surface area (Å²) in [7, 11) is 0.